The molecule has 1 atom stereocenters. The lowest BCUT2D eigenvalue weighted by molar-refractivity contribution is 0.200. The molecule has 0 aliphatic rings. The Bertz CT molecular complexity index is 276. The van der Waals surface area contributed by atoms with Gasteiger partial charge < -0.3 is 10.5 Å². The van der Waals surface area contributed by atoms with Gasteiger partial charge in [0.25, 0.3) is 0 Å². The molecule has 0 aliphatic heterocycles. The zero-order valence-corrected chi connectivity index (χ0v) is 8.73. The van der Waals surface area contributed by atoms with Crippen molar-refractivity contribution in [3.63, 3.8) is 0 Å². The van der Waals surface area contributed by atoms with Gasteiger partial charge in [-0.05, 0) is 13.0 Å². The number of ether oxygens (including phenoxy) is 1. The highest BCUT2D eigenvalue weighted by Crippen LogP contribution is 1.99. The summed E-state index contributed by atoms with van der Waals surface area (Å²) in [5.41, 5.74) is 6.69. The topological polar surface area (TPSA) is 61.0 Å². The van der Waals surface area contributed by atoms with E-state index in [0.717, 1.165) is 24.4 Å². The van der Waals surface area contributed by atoms with Gasteiger partial charge in [-0.2, -0.15) is 0 Å². The Balaban J connectivity index is 2.59. The zero-order chi connectivity index (χ0) is 10.4. The van der Waals surface area contributed by atoms with E-state index in [2.05, 4.69) is 9.97 Å². The maximum atomic E-state index is 5.69. The van der Waals surface area contributed by atoms with Gasteiger partial charge in [0.2, 0.25) is 0 Å². The average Bonchev–Trinajstić information content (AvgIpc) is 2.14. The molecule has 0 saturated heterocycles. The molecule has 78 valence electrons. The van der Waals surface area contributed by atoms with Gasteiger partial charge in [-0.15, -0.1) is 0 Å². The Kier molecular flexibility index (Phi) is 4.49. The molecule has 0 saturated carbocycles. The monoisotopic (exact) mass is 195 g/mol. The van der Waals surface area contributed by atoms with Crippen molar-refractivity contribution >= 4 is 0 Å². The number of aromatic nitrogens is 2. The van der Waals surface area contributed by atoms with Crippen molar-refractivity contribution in [2.24, 2.45) is 5.73 Å². The van der Waals surface area contributed by atoms with Crippen LogP contribution in [0.25, 0.3) is 0 Å². The summed E-state index contributed by atoms with van der Waals surface area (Å²) in [6, 6.07) is 2.04. The highest BCUT2D eigenvalue weighted by Gasteiger charge is 2.01. The zero-order valence-electron chi connectivity index (χ0n) is 8.73. The Morgan fingerprint density at radius 3 is 3.00 bits per heavy atom. The van der Waals surface area contributed by atoms with Crippen molar-refractivity contribution < 1.29 is 4.74 Å². The minimum Gasteiger partial charge on any atom is -0.384 e. The van der Waals surface area contributed by atoms with Gasteiger partial charge >= 0.3 is 0 Å². The van der Waals surface area contributed by atoms with Gasteiger partial charge in [-0.1, -0.05) is 0 Å². The summed E-state index contributed by atoms with van der Waals surface area (Å²) in [6.07, 6.45) is 3.32. The second-order valence-corrected chi connectivity index (χ2v) is 3.39. The number of methoxy groups -OCH3 is 1. The summed E-state index contributed by atoms with van der Waals surface area (Å²) in [7, 11) is 1.67. The molecule has 0 aromatic carbocycles. The van der Waals surface area contributed by atoms with Gasteiger partial charge in [-0.25, -0.2) is 9.97 Å². The number of nitrogens with zero attached hydrogens (tertiary/aromatic N) is 2. The van der Waals surface area contributed by atoms with Crippen LogP contribution in [0.2, 0.25) is 0 Å². The lowest BCUT2D eigenvalue weighted by atomic mass is 10.2. The van der Waals surface area contributed by atoms with Gasteiger partial charge in [0.05, 0.1) is 6.61 Å². The van der Waals surface area contributed by atoms with Crippen molar-refractivity contribution in [1.82, 2.24) is 9.97 Å². The molecule has 1 aromatic heterocycles. The molecule has 0 radical (unpaired) electrons. The van der Waals surface area contributed by atoms with E-state index in [1.54, 1.807) is 13.3 Å². The van der Waals surface area contributed by atoms with Gasteiger partial charge in [0, 0.05) is 37.9 Å². The van der Waals surface area contributed by atoms with E-state index in [4.69, 9.17) is 10.5 Å². The molecule has 0 fully saturated rings. The van der Waals surface area contributed by atoms with Crippen LogP contribution < -0.4 is 5.73 Å². The summed E-state index contributed by atoms with van der Waals surface area (Å²) < 4.78 is 4.96. The SMILES string of the molecule is COCCc1nccc(CC(C)N)n1. The van der Waals surface area contributed by atoms with Crippen LogP contribution in [0.1, 0.15) is 18.4 Å². The molecule has 1 heterocycles. The predicted molar refractivity (Wildman–Crippen MR) is 55.0 cm³/mol. The third-order valence-electron chi connectivity index (χ3n) is 1.82. The summed E-state index contributed by atoms with van der Waals surface area (Å²) in [5, 5.41) is 0. The quantitative estimate of drug-likeness (QED) is 0.745. The van der Waals surface area contributed by atoms with E-state index in [1.807, 2.05) is 13.0 Å². The number of hydrogen-bond acceptors (Lipinski definition) is 4. The fraction of sp³-hybridized carbons (Fsp3) is 0.600. The van der Waals surface area contributed by atoms with Gasteiger partial charge in [-0.3, -0.25) is 0 Å². The molecule has 4 heteroatoms. The Hall–Kier alpha value is -1.00. The molecule has 1 unspecified atom stereocenters. The number of rotatable bonds is 5. The number of hydrogen-bond donors (Lipinski definition) is 1. The van der Waals surface area contributed by atoms with E-state index in [0.29, 0.717) is 6.61 Å². The lowest BCUT2D eigenvalue weighted by Crippen LogP contribution is -2.19. The van der Waals surface area contributed by atoms with E-state index >= 15 is 0 Å². The maximum Gasteiger partial charge on any atom is 0.130 e. The molecule has 1 rings (SSSR count). The minimum absolute atomic E-state index is 0.139. The third kappa shape index (κ3) is 3.81. The van der Waals surface area contributed by atoms with Crippen LogP contribution in [0.5, 0.6) is 0 Å². The van der Waals surface area contributed by atoms with Gasteiger partial charge in [0.1, 0.15) is 5.82 Å². The van der Waals surface area contributed by atoms with Crippen LogP contribution in [0.15, 0.2) is 12.3 Å². The summed E-state index contributed by atoms with van der Waals surface area (Å²) in [5.74, 6) is 0.824. The summed E-state index contributed by atoms with van der Waals surface area (Å²) >= 11 is 0. The second-order valence-electron chi connectivity index (χ2n) is 3.39. The van der Waals surface area contributed by atoms with Crippen LogP contribution >= 0.6 is 0 Å². The fourth-order valence-corrected chi connectivity index (χ4v) is 1.20. The molecule has 0 aliphatic carbocycles. The van der Waals surface area contributed by atoms with Crippen molar-refractivity contribution in [3.05, 3.63) is 23.8 Å². The Labute approximate surface area is 84.5 Å². The first kappa shape index (κ1) is 11.1. The molecule has 0 bridgehead atoms. The molecule has 2 N–H and O–H groups in total. The van der Waals surface area contributed by atoms with E-state index < -0.39 is 0 Å². The maximum absolute atomic E-state index is 5.69. The first-order valence-electron chi connectivity index (χ1n) is 4.77. The van der Waals surface area contributed by atoms with E-state index in [-0.39, 0.29) is 6.04 Å². The molecule has 4 nitrogen and oxygen atoms in total. The van der Waals surface area contributed by atoms with Crippen LogP contribution in [0.4, 0.5) is 0 Å². The largest absolute Gasteiger partial charge is 0.384 e. The van der Waals surface area contributed by atoms with Crippen LogP contribution in [-0.2, 0) is 17.6 Å². The molecule has 14 heavy (non-hydrogen) atoms. The molecular weight excluding hydrogens is 178 g/mol. The minimum atomic E-state index is 0.139. The van der Waals surface area contributed by atoms with Crippen LogP contribution in [0.3, 0.4) is 0 Å². The van der Waals surface area contributed by atoms with E-state index in [1.165, 1.54) is 0 Å². The van der Waals surface area contributed by atoms with Crippen LogP contribution in [0, 0.1) is 0 Å². The average molecular weight is 195 g/mol. The van der Waals surface area contributed by atoms with Gasteiger partial charge in [0.15, 0.2) is 0 Å². The highest BCUT2D eigenvalue weighted by molar-refractivity contribution is 5.04. The van der Waals surface area contributed by atoms with Crippen molar-refractivity contribution in [2.45, 2.75) is 25.8 Å². The van der Waals surface area contributed by atoms with Crippen molar-refractivity contribution in [2.75, 3.05) is 13.7 Å². The van der Waals surface area contributed by atoms with E-state index in [9.17, 15) is 0 Å². The first-order chi connectivity index (χ1) is 6.72. The summed E-state index contributed by atoms with van der Waals surface area (Å²) in [6.45, 7) is 2.62. The number of nitrogens with two attached hydrogens (primary N) is 1. The second kappa shape index (κ2) is 5.67. The third-order valence-corrected chi connectivity index (χ3v) is 1.82. The molecule has 0 spiro atoms. The molecule has 0 amide bonds. The standard InChI is InChI=1S/C10H17N3O/c1-8(11)7-9-3-5-12-10(13-9)4-6-14-2/h3,5,8H,4,6-7,11H2,1-2H3. The fourth-order valence-electron chi connectivity index (χ4n) is 1.20. The highest BCUT2D eigenvalue weighted by atomic mass is 16.5. The normalized spacial score (nSPS) is 12.8. The molecule has 1 aromatic rings. The first-order valence-corrected chi connectivity index (χ1v) is 4.77. The lowest BCUT2D eigenvalue weighted by Gasteiger charge is -2.05. The smallest absolute Gasteiger partial charge is 0.130 e. The Morgan fingerprint density at radius 2 is 2.36 bits per heavy atom. The molecular formula is C10H17N3O. The summed E-state index contributed by atoms with van der Waals surface area (Å²) in [4.78, 5) is 8.53. The Morgan fingerprint density at radius 1 is 1.57 bits per heavy atom. The van der Waals surface area contributed by atoms with Crippen molar-refractivity contribution in [3.8, 4) is 0 Å². The van der Waals surface area contributed by atoms with Crippen LogP contribution in [-0.4, -0.2) is 29.7 Å². The predicted octanol–water partition coefficient (Wildman–Crippen LogP) is 0.555. The van der Waals surface area contributed by atoms with Crippen molar-refractivity contribution in [1.29, 1.82) is 0 Å².